The lowest BCUT2D eigenvalue weighted by molar-refractivity contribution is 0.422. The molecule has 108 valence electrons. The largest absolute Gasteiger partial charge is 0.308 e. The van der Waals surface area contributed by atoms with Crippen LogP contribution >= 0.6 is 11.8 Å². The van der Waals surface area contributed by atoms with Crippen molar-refractivity contribution in [3.05, 3.63) is 35.9 Å². The Morgan fingerprint density at radius 3 is 2.55 bits per heavy atom. The number of aromatic nitrogens is 1. The molecule has 2 rings (SSSR count). The van der Waals surface area contributed by atoms with E-state index in [4.69, 9.17) is 4.98 Å². The van der Waals surface area contributed by atoms with E-state index in [0.29, 0.717) is 5.25 Å². The second kappa shape index (κ2) is 6.15. The highest BCUT2D eigenvalue weighted by atomic mass is 32.2. The molecule has 0 atom stereocenters. The molecule has 0 fully saturated rings. The summed E-state index contributed by atoms with van der Waals surface area (Å²) in [7, 11) is 0. The fraction of sp³-hybridized carbons (Fsp3) is 0.471. The predicted octanol–water partition coefficient (Wildman–Crippen LogP) is 4.62. The number of nitrogens with zero attached hydrogens (tertiary/aromatic N) is 1. The molecule has 2 aromatic rings. The van der Waals surface area contributed by atoms with Crippen LogP contribution in [0.15, 0.2) is 35.4 Å². The van der Waals surface area contributed by atoms with Crippen molar-refractivity contribution in [3.8, 4) is 0 Å². The Morgan fingerprint density at radius 2 is 1.90 bits per heavy atom. The van der Waals surface area contributed by atoms with Gasteiger partial charge in [-0.05, 0) is 38.5 Å². The number of hydrogen-bond donors (Lipinski definition) is 1. The highest BCUT2D eigenvalue weighted by Gasteiger charge is 2.13. The molecule has 0 aliphatic rings. The molecule has 0 saturated heterocycles. The molecule has 1 N–H and O–H groups in total. The molecule has 0 aliphatic carbocycles. The van der Waals surface area contributed by atoms with Crippen LogP contribution in [0.25, 0.3) is 10.9 Å². The smallest absolute Gasteiger partial charge is 0.101 e. The molecule has 3 heteroatoms. The van der Waals surface area contributed by atoms with Crippen LogP contribution in [0, 0.1) is 0 Å². The predicted molar refractivity (Wildman–Crippen MR) is 89.3 cm³/mol. The highest BCUT2D eigenvalue weighted by Crippen LogP contribution is 2.28. The van der Waals surface area contributed by atoms with Crippen molar-refractivity contribution >= 4 is 22.7 Å². The van der Waals surface area contributed by atoms with Crippen molar-refractivity contribution in [2.75, 3.05) is 0 Å². The number of pyridine rings is 1. The van der Waals surface area contributed by atoms with Crippen LogP contribution in [-0.2, 0) is 6.54 Å². The van der Waals surface area contributed by atoms with E-state index in [1.165, 1.54) is 10.9 Å². The zero-order valence-electron chi connectivity index (χ0n) is 13.0. The Balaban J connectivity index is 2.37. The quantitative estimate of drug-likeness (QED) is 0.831. The zero-order chi connectivity index (χ0) is 14.8. The molecule has 2 nitrogen and oxygen atoms in total. The van der Waals surface area contributed by atoms with Gasteiger partial charge in [-0.3, -0.25) is 0 Å². The first-order valence-corrected chi connectivity index (χ1v) is 8.03. The molecule has 1 aromatic carbocycles. The Morgan fingerprint density at radius 1 is 1.20 bits per heavy atom. The molecular formula is C17H24N2S. The van der Waals surface area contributed by atoms with Gasteiger partial charge in [0.15, 0.2) is 0 Å². The van der Waals surface area contributed by atoms with Crippen LogP contribution < -0.4 is 5.32 Å². The number of thioether (sulfide) groups is 1. The second-order valence-corrected chi connectivity index (χ2v) is 7.98. The van der Waals surface area contributed by atoms with Gasteiger partial charge in [0.2, 0.25) is 0 Å². The van der Waals surface area contributed by atoms with Crippen molar-refractivity contribution < 1.29 is 0 Å². The van der Waals surface area contributed by atoms with Crippen LogP contribution in [0.2, 0.25) is 0 Å². The van der Waals surface area contributed by atoms with Crippen molar-refractivity contribution in [3.63, 3.8) is 0 Å². The monoisotopic (exact) mass is 288 g/mol. The average Bonchev–Trinajstić information content (AvgIpc) is 2.34. The van der Waals surface area contributed by atoms with Crippen molar-refractivity contribution in [2.45, 2.75) is 57.0 Å². The summed E-state index contributed by atoms with van der Waals surface area (Å²) in [5.41, 5.74) is 2.48. The first-order chi connectivity index (χ1) is 9.35. The molecule has 0 spiro atoms. The second-order valence-electron chi connectivity index (χ2n) is 6.42. The molecule has 0 radical (unpaired) electrons. The van der Waals surface area contributed by atoms with E-state index < -0.39 is 0 Å². The van der Waals surface area contributed by atoms with Gasteiger partial charge < -0.3 is 5.32 Å². The minimum Gasteiger partial charge on any atom is -0.308 e. The number of hydrogen-bond acceptors (Lipinski definition) is 3. The van der Waals surface area contributed by atoms with E-state index in [2.05, 4.69) is 64.2 Å². The van der Waals surface area contributed by atoms with Crippen molar-refractivity contribution in [1.29, 1.82) is 0 Å². The zero-order valence-corrected chi connectivity index (χ0v) is 13.8. The van der Waals surface area contributed by atoms with Crippen LogP contribution in [0.1, 0.15) is 40.2 Å². The first-order valence-electron chi connectivity index (χ1n) is 7.15. The fourth-order valence-electron chi connectivity index (χ4n) is 1.95. The molecule has 0 bridgehead atoms. The number of fused-ring (bicyclic) bond motifs is 1. The van der Waals surface area contributed by atoms with E-state index in [-0.39, 0.29) is 5.54 Å². The maximum absolute atomic E-state index is 4.84. The van der Waals surface area contributed by atoms with Gasteiger partial charge in [-0.15, -0.1) is 11.8 Å². The van der Waals surface area contributed by atoms with Gasteiger partial charge in [-0.2, -0.15) is 0 Å². The number of nitrogens with one attached hydrogen (secondary N) is 1. The third-order valence-electron chi connectivity index (χ3n) is 2.92. The van der Waals surface area contributed by atoms with E-state index in [1.807, 2.05) is 17.8 Å². The van der Waals surface area contributed by atoms with E-state index in [0.717, 1.165) is 17.1 Å². The lowest BCUT2D eigenvalue weighted by atomic mass is 10.1. The first kappa shape index (κ1) is 15.3. The van der Waals surface area contributed by atoms with Crippen LogP contribution in [-0.4, -0.2) is 15.8 Å². The Labute approximate surface area is 126 Å². The summed E-state index contributed by atoms with van der Waals surface area (Å²) in [5, 5.41) is 6.46. The average molecular weight is 288 g/mol. The molecule has 1 heterocycles. The third kappa shape index (κ3) is 4.22. The molecule has 0 amide bonds. The van der Waals surface area contributed by atoms with E-state index >= 15 is 0 Å². The molecule has 0 aliphatic heterocycles. The van der Waals surface area contributed by atoms with Crippen molar-refractivity contribution in [2.24, 2.45) is 0 Å². The fourth-order valence-corrected chi connectivity index (χ4v) is 2.83. The Bertz CT molecular complexity index is 585. The summed E-state index contributed by atoms with van der Waals surface area (Å²) >= 11 is 1.84. The lowest BCUT2D eigenvalue weighted by Crippen LogP contribution is -2.35. The summed E-state index contributed by atoms with van der Waals surface area (Å²) in [6.07, 6.45) is 0. The number of rotatable bonds is 4. The van der Waals surface area contributed by atoms with Crippen LogP contribution in [0.4, 0.5) is 0 Å². The lowest BCUT2D eigenvalue weighted by Gasteiger charge is -2.22. The van der Waals surface area contributed by atoms with Gasteiger partial charge in [0.25, 0.3) is 0 Å². The summed E-state index contributed by atoms with van der Waals surface area (Å²) in [6, 6.07) is 10.6. The summed E-state index contributed by atoms with van der Waals surface area (Å²) in [6.45, 7) is 11.9. The molecule has 0 unspecified atom stereocenters. The summed E-state index contributed by atoms with van der Waals surface area (Å²) < 4.78 is 0. The van der Waals surface area contributed by atoms with Gasteiger partial charge in [0.1, 0.15) is 5.03 Å². The van der Waals surface area contributed by atoms with Gasteiger partial charge in [0, 0.05) is 22.7 Å². The van der Waals surface area contributed by atoms with Crippen LogP contribution in [0.3, 0.4) is 0 Å². The maximum atomic E-state index is 4.84. The summed E-state index contributed by atoms with van der Waals surface area (Å²) in [4.78, 5) is 4.84. The minimum absolute atomic E-state index is 0.116. The van der Waals surface area contributed by atoms with E-state index in [1.54, 1.807) is 0 Å². The normalized spacial score (nSPS) is 12.3. The number of para-hydroxylation sites is 1. The maximum Gasteiger partial charge on any atom is 0.101 e. The molecular weight excluding hydrogens is 264 g/mol. The molecule has 20 heavy (non-hydrogen) atoms. The SMILES string of the molecule is CC(C)Sc1nc2ccccc2cc1CNC(C)(C)C. The standard InChI is InChI=1S/C17H24N2S/c1-12(2)20-16-14(11-18-17(3,4)5)10-13-8-6-7-9-15(13)19-16/h6-10,12,18H,11H2,1-5H3. The topological polar surface area (TPSA) is 24.9 Å². The Kier molecular flexibility index (Phi) is 4.71. The van der Waals surface area contributed by atoms with Gasteiger partial charge in [-0.25, -0.2) is 4.98 Å². The van der Waals surface area contributed by atoms with Gasteiger partial charge >= 0.3 is 0 Å². The van der Waals surface area contributed by atoms with E-state index in [9.17, 15) is 0 Å². The van der Waals surface area contributed by atoms with Gasteiger partial charge in [-0.1, -0.05) is 32.0 Å². The molecule has 1 aromatic heterocycles. The highest BCUT2D eigenvalue weighted by molar-refractivity contribution is 7.99. The van der Waals surface area contributed by atoms with Crippen LogP contribution in [0.5, 0.6) is 0 Å². The minimum atomic E-state index is 0.116. The Hall–Kier alpha value is -1.06. The third-order valence-corrected chi connectivity index (χ3v) is 3.97. The van der Waals surface area contributed by atoms with Crippen molar-refractivity contribution in [1.82, 2.24) is 10.3 Å². The summed E-state index contributed by atoms with van der Waals surface area (Å²) in [5.74, 6) is 0. The number of benzene rings is 1. The van der Waals surface area contributed by atoms with Gasteiger partial charge in [0.05, 0.1) is 5.52 Å². The molecule has 0 saturated carbocycles.